The number of carbonyl (C=O) groups excluding carboxylic acids is 1. The third-order valence-corrected chi connectivity index (χ3v) is 7.26. The number of amides is 1. The van der Waals surface area contributed by atoms with Gasteiger partial charge in [-0.05, 0) is 58.7 Å². The van der Waals surface area contributed by atoms with Crippen molar-refractivity contribution in [2.75, 3.05) is 18.4 Å². The van der Waals surface area contributed by atoms with Crippen molar-refractivity contribution in [3.63, 3.8) is 0 Å². The predicted molar refractivity (Wildman–Crippen MR) is 113 cm³/mol. The summed E-state index contributed by atoms with van der Waals surface area (Å²) in [5.41, 5.74) is 0.518. The summed E-state index contributed by atoms with van der Waals surface area (Å²) in [6, 6.07) is 5.17. The van der Waals surface area contributed by atoms with Crippen molar-refractivity contribution in [2.24, 2.45) is 5.92 Å². The average molecular weight is 457 g/mol. The van der Waals surface area contributed by atoms with E-state index in [9.17, 15) is 17.6 Å². The quantitative estimate of drug-likeness (QED) is 0.758. The maximum atomic E-state index is 13.4. The lowest BCUT2D eigenvalue weighted by Gasteiger charge is -2.31. The molecular formula is C20H26ClFN4O3S. The number of halogens is 2. The molecule has 10 heteroatoms. The Morgan fingerprint density at radius 3 is 2.43 bits per heavy atom. The number of piperidine rings is 1. The van der Waals surface area contributed by atoms with E-state index >= 15 is 0 Å². The minimum atomic E-state index is -3.80. The fraction of sp³-hybridized carbons (Fsp3) is 0.500. The van der Waals surface area contributed by atoms with Crippen LogP contribution in [0.5, 0.6) is 0 Å². The SMILES string of the molecule is Cc1cc(NC(=O)C2CCN(S(=O)(=O)c3ccc(F)c(Cl)c3)CC2)n(C(C)(C)C)n1. The summed E-state index contributed by atoms with van der Waals surface area (Å²) in [5.74, 6) is -0.504. The number of sulfonamides is 1. The zero-order chi connectivity index (χ0) is 22.3. The second-order valence-corrected chi connectivity index (χ2v) is 10.8. The van der Waals surface area contributed by atoms with Crippen molar-refractivity contribution in [1.29, 1.82) is 0 Å². The normalized spacial score (nSPS) is 16.6. The Morgan fingerprint density at radius 1 is 1.23 bits per heavy atom. The molecule has 2 heterocycles. The molecule has 3 rings (SSSR count). The molecule has 7 nitrogen and oxygen atoms in total. The van der Waals surface area contributed by atoms with Crippen molar-refractivity contribution in [1.82, 2.24) is 14.1 Å². The van der Waals surface area contributed by atoms with Crippen molar-refractivity contribution in [2.45, 2.75) is 51.0 Å². The van der Waals surface area contributed by atoms with Gasteiger partial charge in [-0.25, -0.2) is 17.5 Å². The lowest BCUT2D eigenvalue weighted by atomic mass is 9.97. The van der Waals surface area contributed by atoms with E-state index in [-0.39, 0.29) is 40.4 Å². The number of hydrogen-bond acceptors (Lipinski definition) is 4. The Kier molecular flexibility index (Phi) is 6.27. The monoisotopic (exact) mass is 456 g/mol. The first-order valence-electron chi connectivity index (χ1n) is 9.73. The van der Waals surface area contributed by atoms with Crippen LogP contribution in [0.2, 0.25) is 5.02 Å². The standard InChI is InChI=1S/C20H26ClFN4O3S/c1-13-11-18(26(24-13)20(2,3)4)23-19(27)14-7-9-25(10-8-14)30(28,29)15-5-6-17(22)16(21)12-15/h5-6,11-12,14H,7-10H2,1-4H3,(H,23,27). The van der Waals surface area contributed by atoms with E-state index in [1.165, 1.54) is 10.4 Å². The molecule has 1 aromatic carbocycles. The summed E-state index contributed by atoms with van der Waals surface area (Å²) in [6.45, 7) is 8.27. The molecule has 30 heavy (non-hydrogen) atoms. The van der Waals surface area contributed by atoms with E-state index in [1.54, 1.807) is 4.68 Å². The highest BCUT2D eigenvalue weighted by Gasteiger charge is 2.33. The maximum absolute atomic E-state index is 13.4. The van der Waals surface area contributed by atoms with Gasteiger partial charge in [-0.1, -0.05) is 11.6 Å². The maximum Gasteiger partial charge on any atom is 0.243 e. The number of carbonyl (C=O) groups is 1. The molecule has 164 valence electrons. The molecule has 1 fully saturated rings. The van der Waals surface area contributed by atoms with Crippen LogP contribution in [0.25, 0.3) is 0 Å². The van der Waals surface area contributed by atoms with E-state index < -0.39 is 15.8 Å². The Bertz CT molecular complexity index is 1050. The number of aromatic nitrogens is 2. The molecule has 1 aromatic heterocycles. The number of rotatable bonds is 4. The van der Waals surface area contributed by atoms with Gasteiger partial charge in [0, 0.05) is 25.1 Å². The summed E-state index contributed by atoms with van der Waals surface area (Å²) in [6.07, 6.45) is 0.783. The second kappa shape index (κ2) is 8.28. The van der Waals surface area contributed by atoms with Gasteiger partial charge < -0.3 is 5.32 Å². The van der Waals surface area contributed by atoms with Gasteiger partial charge in [-0.15, -0.1) is 0 Å². The number of nitrogens with zero attached hydrogens (tertiary/aromatic N) is 3. The molecule has 0 spiro atoms. The molecule has 0 unspecified atom stereocenters. The minimum Gasteiger partial charge on any atom is -0.311 e. The Labute approximate surface area is 181 Å². The van der Waals surface area contributed by atoms with Crippen molar-refractivity contribution < 1.29 is 17.6 Å². The third kappa shape index (κ3) is 4.68. The van der Waals surface area contributed by atoms with Gasteiger partial charge in [0.1, 0.15) is 11.6 Å². The Balaban J connectivity index is 1.67. The number of benzene rings is 1. The molecule has 1 amide bonds. The number of hydrogen-bond donors (Lipinski definition) is 1. The highest BCUT2D eigenvalue weighted by molar-refractivity contribution is 7.89. The highest BCUT2D eigenvalue weighted by atomic mass is 35.5. The number of nitrogens with one attached hydrogen (secondary N) is 1. The zero-order valence-electron chi connectivity index (χ0n) is 17.4. The molecule has 0 atom stereocenters. The van der Waals surface area contributed by atoms with Crippen molar-refractivity contribution in [3.8, 4) is 0 Å². The van der Waals surface area contributed by atoms with Gasteiger partial charge in [0.15, 0.2) is 0 Å². The van der Waals surface area contributed by atoms with E-state index in [0.717, 1.165) is 17.8 Å². The van der Waals surface area contributed by atoms with Crippen LogP contribution in [0.3, 0.4) is 0 Å². The molecule has 0 radical (unpaired) electrons. The molecule has 1 N–H and O–H groups in total. The lowest BCUT2D eigenvalue weighted by Crippen LogP contribution is -2.41. The van der Waals surface area contributed by atoms with Gasteiger partial charge in [-0.2, -0.15) is 9.40 Å². The van der Waals surface area contributed by atoms with Crippen LogP contribution in [0, 0.1) is 18.7 Å². The lowest BCUT2D eigenvalue weighted by molar-refractivity contribution is -0.121. The van der Waals surface area contributed by atoms with E-state index in [1.807, 2.05) is 33.8 Å². The van der Waals surface area contributed by atoms with Crippen LogP contribution in [-0.2, 0) is 20.4 Å². The summed E-state index contributed by atoms with van der Waals surface area (Å²) in [5, 5.41) is 7.15. The smallest absolute Gasteiger partial charge is 0.243 e. The molecule has 0 bridgehead atoms. The number of aryl methyl sites for hydroxylation is 1. The predicted octanol–water partition coefficient (Wildman–Crippen LogP) is 3.78. The van der Waals surface area contributed by atoms with Crippen LogP contribution in [0.1, 0.15) is 39.3 Å². The van der Waals surface area contributed by atoms with E-state index in [4.69, 9.17) is 11.6 Å². The number of anilines is 1. The van der Waals surface area contributed by atoms with Crippen LogP contribution in [-0.4, -0.2) is 41.5 Å². The van der Waals surface area contributed by atoms with Crippen LogP contribution >= 0.6 is 11.6 Å². The zero-order valence-corrected chi connectivity index (χ0v) is 19.0. The van der Waals surface area contributed by atoms with Crippen LogP contribution in [0.15, 0.2) is 29.2 Å². The van der Waals surface area contributed by atoms with Gasteiger partial charge in [-0.3, -0.25) is 4.79 Å². The van der Waals surface area contributed by atoms with Gasteiger partial charge in [0.25, 0.3) is 0 Å². The van der Waals surface area contributed by atoms with Crippen molar-refractivity contribution in [3.05, 3.63) is 40.8 Å². The largest absolute Gasteiger partial charge is 0.311 e. The summed E-state index contributed by atoms with van der Waals surface area (Å²) < 4.78 is 42.1. The van der Waals surface area contributed by atoms with Gasteiger partial charge >= 0.3 is 0 Å². The molecule has 1 saturated heterocycles. The highest BCUT2D eigenvalue weighted by Crippen LogP contribution is 2.28. The fourth-order valence-electron chi connectivity index (χ4n) is 3.47. The van der Waals surface area contributed by atoms with E-state index in [2.05, 4.69) is 10.4 Å². The van der Waals surface area contributed by atoms with Crippen LogP contribution in [0.4, 0.5) is 10.2 Å². The summed E-state index contributed by atoms with van der Waals surface area (Å²) in [4.78, 5) is 12.7. The molecule has 0 saturated carbocycles. The van der Waals surface area contributed by atoms with Crippen molar-refractivity contribution >= 4 is 33.3 Å². The minimum absolute atomic E-state index is 0.0543. The molecule has 1 aliphatic rings. The molecule has 0 aliphatic carbocycles. The molecule has 1 aliphatic heterocycles. The summed E-state index contributed by atoms with van der Waals surface area (Å²) in [7, 11) is -3.80. The van der Waals surface area contributed by atoms with Crippen LogP contribution < -0.4 is 5.32 Å². The Morgan fingerprint density at radius 2 is 1.87 bits per heavy atom. The summed E-state index contributed by atoms with van der Waals surface area (Å²) >= 11 is 5.73. The Hall–Kier alpha value is -1.97. The first-order chi connectivity index (χ1) is 13.9. The molecule has 2 aromatic rings. The first-order valence-corrected chi connectivity index (χ1v) is 11.5. The van der Waals surface area contributed by atoms with E-state index in [0.29, 0.717) is 18.7 Å². The molecular weight excluding hydrogens is 431 g/mol. The topological polar surface area (TPSA) is 84.3 Å². The average Bonchev–Trinajstić information content (AvgIpc) is 3.04. The first kappa shape index (κ1) is 22.7. The third-order valence-electron chi connectivity index (χ3n) is 5.07. The fourth-order valence-corrected chi connectivity index (χ4v) is 5.21. The second-order valence-electron chi connectivity index (χ2n) is 8.50. The van der Waals surface area contributed by atoms with Gasteiger partial charge in [0.05, 0.1) is 21.2 Å². The van der Waals surface area contributed by atoms with Gasteiger partial charge in [0.2, 0.25) is 15.9 Å².